The number of rotatable bonds is 4. The van der Waals surface area contributed by atoms with Crippen molar-refractivity contribution in [2.45, 2.75) is 12.8 Å². The van der Waals surface area contributed by atoms with E-state index in [1.807, 2.05) is 0 Å². The van der Waals surface area contributed by atoms with E-state index in [-0.39, 0.29) is 11.6 Å². The van der Waals surface area contributed by atoms with Gasteiger partial charge in [-0.3, -0.25) is 14.5 Å². The zero-order chi connectivity index (χ0) is 11.4. The first-order valence-corrected chi connectivity index (χ1v) is 4.47. The summed E-state index contributed by atoms with van der Waals surface area (Å²) in [5, 5.41) is 10.6. The summed E-state index contributed by atoms with van der Waals surface area (Å²) in [5.41, 5.74) is 0.494. The van der Waals surface area contributed by atoms with Crippen molar-refractivity contribution in [2.75, 3.05) is 13.8 Å². The van der Waals surface area contributed by atoms with E-state index in [2.05, 4.69) is 0 Å². The molecule has 15 heavy (non-hydrogen) atoms. The Bertz CT molecular complexity index is 368. The molecule has 0 radical (unpaired) electrons. The topological polar surface area (TPSA) is 52.4 Å². The van der Waals surface area contributed by atoms with E-state index in [4.69, 9.17) is 4.74 Å². The molecule has 1 aromatic rings. The van der Waals surface area contributed by atoms with Crippen molar-refractivity contribution in [2.24, 2.45) is 0 Å². The van der Waals surface area contributed by atoms with E-state index in [0.717, 1.165) is 0 Å². The number of alkyl halides is 1. The second-order valence-corrected chi connectivity index (χ2v) is 3.28. The van der Waals surface area contributed by atoms with Crippen molar-refractivity contribution in [3.05, 3.63) is 33.9 Å². The monoisotopic (exact) mass is 213 g/mol. The van der Waals surface area contributed by atoms with Crippen molar-refractivity contribution in [1.82, 2.24) is 0 Å². The van der Waals surface area contributed by atoms with Crippen LogP contribution in [0.15, 0.2) is 18.2 Å². The Morgan fingerprint density at radius 3 is 2.67 bits per heavy atom. The maximum Gasteiger partial charge on any atom is 0.273 e. The molecule has 0 N–H and O–H groups in total. The highest BCUT2D eigenvalue weighted by Gasteiger charge is 2.13. The molecule has 0 bridgehead atoms. The molecule has 1 atom stereocenters. The number of nitro benzene ring substituents is 1. The number of benzene rings is 1. The quantitative estimate of drug-likeness (QED) is 0.570. The minimum atomic E-state index is -0.551. The molecule has 0 fully saturated rings. The van der Waals surface area contributed by atoms with Gasteiger partial charge in [-0.1, -0.05) is 6.92 Å². The lowest BCUT2D eigenvalue weighted by atomic mass is 10.0. The molecule has 0 aromatic heterocycles. The van der Waals surface area contributed by atoms with E-state index < -0.39 is 11.6 Å². The van der Waals surface area contributed by atoms with Crippen molar-refractivity contribution >= 4 is 5.69 Å². The second-order valence-electron chi connectivity index (χ2n) is 3.28. The number of ether oxygens (including phenoxy) is 1. The summed E-state index contributed by atoms with van der Waals surface area (Å²) < 4.78 is 17.3. The Kier molecular flexibility index (Phi) is 3.60. The maximum atomic E-state index is 12.4. The van der Waals surface area contributed by atoms with E-state index in [0.29, 0.717) is 11.3 Å². The number of nitro groups is 1. The van der Waals surface area contributed by atoms with Gasteiger partial charge in [0.05, 0.1) is 24.8 Å². The average molecular weight is 213 g/mol. The minimum Gasteiger partial charge on any atom is -0.496 e. The fourth-order valence-electron chi connectivity index (χ4n) is 1.20. The standard InChI is InChI=1S/C10H12FNO3/c1-7(6-11)8-3-9(12(13)14)5-10(4-8)15-2/h3-5,7H,6H2,1-2H3. The third kappa shape index (κ3) is 2.65. The third-order valence-corrected chi connectivity index (χ3v) is 2.16. The van der Waals surface area contributed by atoms with Gasteiger partial charge in [-0.25, -0.2) is 0 Å². The number of hydrogen-bond donors (Lipinski definition) is 0. The Balaban J connectivity index is 3.16. The Labute approximate surface area is 86.8 Å². The maximum absolute atomic E-state index is 12.4. The van der Waals surface area contributed by atoms with Gasteiger partial charge >= 0.3 is 0 Å². The fraction of sp³-hybridized carbons (Fsp3) is 0.400. The zero-order valence-corrected chi connectivity index (χ0v) is 8.57. The molecule has 0 heterocycles. The molecule has 0 aliphatic carbocycles. The van der Waals surface area contributed by atoms with Crippen LogP contribution < -0.4 is 4.74 Å². The van der Waals surface area contributed by atoms with Crippen molar-refractivity contribution in [3.63, 3.8) is 0 Å². The predicted molar refractivity (Wildman–Crippen MR) is 54.0 cm³/mol. The van der Waals surface area contributed by atoms with Crippen LogP contribution >= 0.6 is 0 Å². The van der Waals surface area contributed by atoms with E-state index in [1.165, 1.54) is 19.2 Å². The number of halogens is 1. The van der Waals surface area contributed by atoms with Crippen LogP contribution in [0.1, 0.15) is 18.4 Å². The normalized spacial score (nSPS) is 12.2. The molecule has 0 saturated carbocycles. The smallest absolute Gasteiger partial charge is 0.273 e. The van der Waals surface area contributed by atoms with Crippen LogP contribution in [0.3, 0.4) is 0 Å². The van der Waals surface area contributed by atoms with Crippen LogP contribution in [0.2, 0.25) is 0 Å². The van der Waals surface area contributed by atoms with Crippen LogP contribution in [0.5, 0.6) is 5.75 Å². The summed E-state index contributed by atoms with van der Waals surface area (Å²) in [6, 6.07) is 4.29. The van der Waals surface area contributed by atoms with Gasteiger partial charge < -0.3 is 4.74 Å². The number of hydrogen-bond acceptors (Lipinski definition) is 3. The second kappa shape index (κ2) is 4.72. The molecule has 5 heteroatoms. The summed E-state index contributed by atoms with van der Waals surface area (Å²) in [6.45, 7) is 1.11. The third-order valence-electron chi connectivity index (χ3n) is 2.16. The van der Waals surface area contributed by atoms with Crippen LogP contribution in [0, 0.1) is 10.1 Å². The van der Waals surface area contributed by atoms with Gasteiger partial charge in [-0.2, -0.15) is 0 Å². The molecule has 82 valence electrons. The van der Waals surface area contributed by atoms with Gasteiger partial charge in [0.15, 0.2) is 0 Å². The summed E-state index contributed by atoms with van der Waals surface area (Å²) in [6.07, 6.45) is 0. The molecule has 0 spiro atoms. The zero-order valence-electron chi connectivity index (χ0n) is 8.57. The Morgan fingerprint density at radius 1 is 1.53 bits per heavy atom. The van der Waals surface area contributed by atoms with Crippen LogP contribution in [0.25, 0.3) is 0 Å². The van der Waals surface area contributed by atoms with E-state index >= 15 is 0 Å². The van der Waals surface area contributed by atoms with Crippen molar-refractivity contribution in [1.29, 1.82) is 0 Å². The lowest BCUT2D eigenvalue weighted by Gasteiger charge is -2.08. The van der Waals surface area contributed by atoms with E-state index in [1.54, 1.807) is 13.0 Å². The first-order chi connectivity index (χ1) is 7.08. The van der Waals surface area contributed by atoms with Gasteiger partial charge in [-0.05, 0) is 11.6 Å². The van der Waals surface area contributed by atoms with Gasteiger partial charge in [0.25, 0.3) is 5.69 Å². The summed E-state index contributed by atoms with van der Waals surface area (Å²) in [5.74, 6) is 0.0123. The molecule has 1 unspecified atom stereocenters. The van der Waals surface area contributed by atoms with Gasteiger partial charge in [0.1, 0.15) is 5.75 Å². The molecular weight excluding hydrogens is 201 g/mol. The first kappa shape index (κ1) is 11.4. The Morgan fingerprint density at radius 2 is 2.20 bits per heavy atom. The highest BCUT2D eigenvalue weighted by Crippen LogP contribution is 2.27. The van der Waals surface area contributed by atoms with Gasteiger partial charge in [0, 0.05) is 12.0 Å². The van der Waals surface area contributed by atoms with Gasteiger partial charge in [-0.15, -0.1) is 0 Å². The molecule has 0 aliphatic rings. The van der Waals surface area contributed by atoms with Crippen molar-refractivity contribution in [3.8, 4) is 5.75 Å². The molecular formula is C10H12FNO3. The molecule has 0 aliphatic heterocycles. The number of non-ortho nitro benzene ring substituents is 1. The van der Waals surface area contributed by atoms with Crippen LogP contribution in [-0.2, 0) is 0 Å². The van der Waals surface area contributed by atoms with Crippen LogP contribution in [0.4, 0.5) is 10.1 Å². The van der Waals surface area contributed by atoms with Crippen molar-refractivity contribution < 1.29 is 14.1 Å². The molecule has 1 rings (SSSR count). The van der Waals surface area contributed by atoms with Crippen LogP contribution in [-0.4, -0.2) is 18.7 Å². The summed E-state index contributed by atoms with van der Waals surface area (Å²) in [7, 11) is 1.42. The minimum absolute atomic E-state index is 0.0790. The average Bonchev–Trinajstić information content (AvgIpc) is 2.27. The highest BCUT2D eigenvalue weighted by atomic mass is 19.1. The SMILES string of the molecule is COc1cc(C(C)CF)cc([N+](=O)[O-])c1. The largest absolute Gasteiger partial charge is 0.496 e. The fourth-order valence-corrected chi connectivity index (χ4v) is 1.20. The first-order valence-electron chi connectivity index (χ1n) is 4.47. The molecule has 1 aromatic carbocycles. The number of nitrogens with zero attached hydrogens (tertiary/aromatic N) is 1. The lowest BCUT2D eigenvalue weighted by Crippen LogP contribution is -1.98. The molecule has 4 nitrogen and oxygen atoms in total. The molecule has 0 saturated heterocycles. The number of methoxy groups -OCH3 is 1. The summed E-state index contributed by atoms with van der Waals surface area (Å²) >= 11 is 0. The Hall–Kier alpha value is -1.65. The summed E-state index contributed by atoms with van der Waals surface area (Å²) in [4.78, 5) is 10.1. The van der Waals surface area contributed by atoms with Gasteiger partial charge in [0.2, 0.25) is 0 Å². The van der Waals surface area contributed by atoms with E-state index in [9.17, 15) is 14.5 Å². The predicted octanol–water partition coefficient (Wildman–Crippen LogP) is 2.68. The highest BCUT2D eigenvalue weighted by molar-refractivity contribution is 5.44. The lowest BCUT2D eigenvalue weighted by molar-refractivity contribution is -0.385. The molecule has 0 amide bonds.